The van der Waals surface area contributed by atoms with Crippen molar-refractivity contribution >= 4 is 57.6 Å². The van der Waals surface area contributed by atoms with Crippen LogP contribution in [0.15, 0.2) is 71.6 Å². The fraction of sp³-hybridized carbons (Fsp3) is 0.185. The van der Waals surface area contributed by atoms with Crippen LogP contribution in [0, 0.1) is 13.8 Å². The van der Waals surface area contributed by atoms with Gasteiger partial charge >= 0.3 is 0 Å². The van der Waals surface area contributed by atoms with Crippen molar-refractivity contribution < 1.29 is 14.3 Å². The van der Waals surface area contributed by atoms with Crippen LogP contribution in [-0.4, -0.2) is 23.4 Å². The number of amides is 1. The maximum Gasteiger partial charge on any atom is 0.270 e. The first-order chi connectivity index (χ1) is 16.4. The fourth-order valence-corrected chi connectivity index (χ4v) is 4.95. The predicted molar refractivity (Wildman–Crippen MR) is 145 cm³/mol. The van der Waals surface area contributed by atoms with E-state index < -0.39 is 0 Å². The molecule has 0 aliphatic carbocycles. The number of carbonyl (C=O) groups excluding carboxylic acids is 1. The van der Waals surface area contributed by atoms with Crippen molar-refractivity contribution in [1.29, 1.82) is 0 Å². The molecule has 3 aromatic rings. The highest BCUT2D eigenvalue weighted by Crippen LogP contribution is 2.37. The number of para-hydroxylation sites is 1. The van der Waals surface area contributed by atoms with Crippen LogP contribution >= 0.6 is 35.6 Å². The lowest BCUT2D eigenvalue weighted by Crippen LogP contribution is -2.27. The zero-order valence-corrected chi connectivity index (χ0v) is 21.3. The molecule has 0 saturated carbocycles. The number of carbonyl (C=O) groups is 1. The Kier molecular flexibility index (Phi) is 7.93. The van der Waals surface area contributed by atoms with E-state index in [1.54, 1.807) is 23.1 Å². The summed E-state index contributed by atoms with van der Waals surface area (Å²) >= 11 is 13.0. The summed E-state index contributed by atoms with van der Waals surface area (Å²) in [7, 11) is 0. The summed E-state index contributed by atoms with van der Waals surface area (Å²) in [4.78, 5) is 15.1. The summed E-state index contributed by atoms with van der Waals surface area (Å²) in [6.45, 7) is 5.14. The van der Waals surface area contributed by atoms with Gasteiger partial charge in [-0.1, -0.05) is 65.9 Å². The average Bonchev–Trinajstić information content (AvgIpc) is 3.10. The third-order valence-corrected chi connectivity index (χ3v) is 6.96. The van der Waals surface area contributed by atoms with Crippen molar-refractivity contribution in [2.24, 2.45) is 0 Å². The summed E-state index contributed by atoms with van der Waals surface area (Å²) in [5.74, 6) is 1.39. The molecule has 0 radical (unpaired) electrons. The highest BCUT2D eigenvalue weighted by molar-refractivity contribution is 8.27. The first kappa shape index (κ1) is 24.3. The van der Waals surface area contributed by atoms with E-state index in [4.69, 9.17) is 33.3 Å². The smallest absolute Gasteiger partial charge is 0.270 e. The molecule has 0 bridgehead atoms. The second kappa shape index (κ2) is 11.1. The van der Waals surface area contributed by atoms with Crippen molar-refractivity contribution in [2.75, 3.05) is 18.1 Å². The van der Waals surface area contributed by atoms with E-state index in [0.29, 0.717) is 39.6 Å². The van der Waals surface area contributed by atoms with E-state index in [0.717, 1.165) is 22.6 Å². The Balaban J connectivity index is 1.42. The third kappa shape index (κ3) is 5.63. The van der Waals surface area contributed by atoms with E-state index in [2.05, 4.69) is 19.9 Å². The van der Waals surface area contributed by atoms with Gasteiger partial charge in [0.05, 0.1) is 23.8 Å². The molecule has 1 aliphatic heterocycles. The molecule has 1 aliphatic rings. The largest absolute Gasteiger partial charge is 0.493 e. The zero-order valence-electron chi connectivity index (χ0n) is 18.9. The normalized spacial score (nSPS) is 14.7. The molecule has 4 rings (SSSR count). The highest BCUT2D eigenvalue weighted by Gasteiger charge is 2.33. The Hall–Kier alpha value is -2.80. The number of thiocarbonyl (C=S) groups is 1. The van der Waals surface area contributed by atoms with Crippen LogP contribution in [0.3, 0.4) is 0 Å². The van der Waals surface area contributed by atoms with Gasteiger partial charge in [-0.2, -0.15) is 0 Å². The number of benzene rings is 3. The van der Waals surface area contributed by atoms with Crippen LogP contribution in [0.4, 0.5) is 5.69 Å². The number of ether oxygens (including phenoxy) is 2. The molecule has 0 aromatic heterocycles. The molecule has 0 N–H and O–H groups in total. The number of thioether (sulfide) groups is 1. The monoisotopic (exact) mass is 509 g/mol. The lowest BCUT2D eigenvalue weighted by atomic mass is 10.1. The Labute approximate surface area is 214 Å². The molecule has 0 atom stereocenters. The molecule has 0 unspecified atom stereocenters. The molecule has 7 heteroatoms. The molecule has 174 valence electrons. The van der Waals surface area contributed by atoms with Gasteiger partial charge in [0, 0.05) is 17.0 Å². The van der Waals surface area contributed by atoms with E-state index in [1.165, 1.54) is 17.3 Å². The Bertz CT molecular complexity index is 1240. The number of nitrogens with zero attached hydrogens (tertiary/aromatic N) is 1. The SMILES string of the molecule is Cc1cccc(OCCCOc2ccc(Cl)cc2C=C2SC(=S)N(c3ccccc3)C2=O)c1C. The maximum atomic E-state index is 13.1. The van der Waals surface area contributed by atoms with Gasteiger partial charge in [-0.3, -0.25) is 9.69 Å². The Morgan fingerprint density at radius 2 is 1.71 bits per heavy atom. The van der Waals surface area contributed by atoms with Crippen LogP contribution in [-0.2, 0) is 4.79 Å². The molecule has 0 spiro atoms. The number of rotatable bonds is 8. The van der Waals surface area contributed by atoms with Crippen molar-refractivity contribution in [3.63, 3.8) is 0 Å². The third-order valence-electron chi connectivity index (χ3n) is 5.43. The standard InChI is InChI=1S/C27H24ClNO3S2/c1-18-8-6-11-23(19(18)2)31-14-7-15-32-24-13-12-21(28)16-20(24)17-25-26(30)29(27(33)34-25)22-9-4-3-5-10-22/h3-6,8-13,16-17H,7,14-15H2,1-2H3. The lowest BCUT2D eigenvalue weighted by Gasteiger charge is -2.14. The van der Waals surface area contributed by atoms with E-state index in [9.17, 15) is 4.79 Å². The van der Waals surface area contributed by atoms with Gasteiger partial charge in [-0.15, -0.1) is 0 Å². The minimum absolute atomic E-state index is 0.158. The van der Waals surface area contributed by atoms with Crippen molar-refractivity contribution in [3.8, 4) is 11.5 Å². The maximum absolute atomic E-state index is 13.1. The number of anilines is 1. The molecule has 3 aromatic carbocycles. The van der Waals surface area contributed by atoms with Gasteiger partial charge < -0.3 is 9.47 Å². The van der Waals surface area contributed by atoms with Crippen LogP contribution in [0.25, 0.3) is 6.08 Å². The number of halogens is 1. The molecule has 1 saturated heterocycles. The highest BCUT2D eigenvalue weighted by atomic mass is 35.5. The molecule has 1 fully saturated rings. The summed E-state index contributed by atoms with van der Waals surface area (Å²) in [6, 6.07) is 20.8. The Morgan fingerprint density at radius 1 is 0.971 bits per heavy atom. The van der Waals surface area contributed by atoms with Crippen LogP contribution < -0.4 is 14.4 Å². The molecular weight excluding hydrogens is 486 g/mol. The van der Waals surface area contributed by atoms with Gasteiger partial charge in [0.2, 0.25) is 0 Å². The molecule has 34 heavy (non-hydrogen) atoms. The molecular formula is C27H24ClNO3S2. The Morgan fingerprint density at radius 3 is 2.47 bits per heavy atom. The second-order valence-electron chi connectivity index (χ2n) is 7.78. The minimum Gasteiger partial charge on any atom is -0.493 e. The minimum atomic E-state index is -0.158. The fourth-order valence-electron chi connectivity index (χ4n) is 3.48. The first-order valence-electron chi connectivity index (χ1n) is 10.9. The summed E-state index contributed by atoms with van der Waals surface area (Å²) < 4.78 is 12.4. The predicted octanol–water partition coefficient (Wildman–Crippen LogP) is 7.21. The number of aryl methyl sites for hydroxylation is 1. The quantitative estimate of drug-likeness (QED) is 0.182. The van der Waals surface area contributed by atoms with Gasteiger partial charge in [-0.25, -0.2) is 0 Å². The van der Waals surface area contributed by atoms with Gasteiger partial charge in [0.25, 0.3) is 5.91 Å². The lowest BCUT2D eigenvalue weighted by molar-refractivity contribution is -0.113. The second-order valence-corrected chi connectivity index (χ2v) is 9.90. The van der Waals surface area contributed by atoms with Crippen LogP contribution in [0.2, 0.25) is 5.02 Å². The summed E-state index contributed by atoms with van der Waals surface area (Å²) in [5, 5.41) is 0.565. The molecule has 4 nitrogen and oxygen atoms in total. The molecule has 1 amide bonds. The van der Waals surface area contributed by atoms with Crippen LogP contribution in [0.5, 0.6) is 11.5 Å². The molecule has 1 heterocycles. The summed E-state index contributed by atoms with van der Waals surface area (Å²) in [5.41, 5.74) is 3.84. The van der Waals surface area contributed by atoms with Gasteiger partial charge in [0.15, 0.2) is 4.32 Å². The zero-order chi connectivity index (χ0) is 24.1. The van der Waals surface area contributed by atoms with Crippen LogP contribution in [0.1, 0.15) is 23.1 Å². The number of hydrogen-bond donors (Lipinski definition) is 0. The van der Waals surface area contributed by atoms with Crippen molar-refractivity contribution in [2.45, 2.75) is 20.3 Å². The van der Waals surface area contributed by atoms with Crippen molar-refractivity contribution in [1.82, 2.24) is 0 Å². The average molecular weight is 510 g/mol. The van der Waals surface area contributed by atoms with E-state index >= 15 is 0 Å². The number of hydrogen-bond acceptors (Lipinski definition) is 5. The van der Waals surface area contributed by atoms with E-state index in [1.807, 2.05) is 48.5 Å². The topological polar surface area (TPSA) is 38.8 Å². The van der Waals surface area contributed by atoms with Gasteiger partial charge in [0.1, 0.15) is 11.5 Å². The van der Waals surface area contributed by atoms with Crippen molar-refractivity contribution in [3.05, 3.63) is 93.3 Å². The van der Waals surface area contributed by atoms with E-state index in [-0.39, 0.29) is 5.91 Å². The van der Waals surface area contributed by atoms with Gasteiger partial charge in [-0.05, 0) is 67.4 Å². The summed E-state index contributed by atoms with van der Waals surface area (Å²) in [6.07, 6.45) is 2.50. The first-order valence-corrected chi connectivity index (χ1v) is 12.5.